The Morgan fingerprint density at radius 1 is 1.00 bits per heavy atom. The van der Waals surface area contributed by atoms with E-state index in [2.05, 4.69) is 10.6 Å². The number of rotatable bonds is 3. The number of hydrogen-bond acceptors (Lipinski definition) is 4. The van der Waals surface area contributed by atoms with Crippen molar-refractivity contribution < 1.29 is 18.8 Å². The first-order valence-corrected chi connectivity index (χ1v) is 8.29. The molecule has 0 radical (unpaired) electrons. The van der Waals surface area contributed by atoms with E-state index in [0.29, 0.717) is 43.2 Å². The molecule has 1 saturated heterocycles. The van der Waals surface area contributed by atoms with Crippen molar-refractivity contribution in [1.82, 2.24) is 15.1 Å². The van der Waals surface area contributed by atoms with Crippen molar-refractivity contribution in [2.24, 2.45) is 0 Å². The third kappa shape index (κ3) is 3.85. The second-order valence-corrected chi connectivity index (χ2v) is 5.85. The van der Waals surface area contributed by atoms with Crippen LogP contribution in [0.1, 0.15) is 20.9 Å². The van der Waals surface area contributed by atoms with Gasteiger partial charge < -0.3 is 24.9 Å². The van der Waals surface area contributed by atoms with Gasteiger partial charge in [0, 0.05) is 44.5 Å². The molecule has 1 aliphatic rings. The van der Waals surface area contributed by atoms with E-state index >= 15 is 0 Å². The van der Waals surface area contributed by atoms with Crippen LogP contribution in [0.3, 0.4) is 0 Å². The zero-order valence-corrected chi connectivity index (χ0v) is 14.4. The molecule has 2 aromatic rings. The Morgan fingerprint density at radius 2 is 1.73 bits per heavy atom. The summed E-state index contributed by atoms with van der Waals surface area (Å²) in [6.07, 6.45) is 1.46. The number of carbonyl (C=O) groups is 3. The zero-order chi connectivity index (χ0) is 18.5. The highest BCUT2D eigenvalue weighted by Crippen LogP contribution is 2.13. The lowest BCUT2D eigenvalue weighted by Crippen LogP contribution is -2.51. The molecule has 0 aliphatic carbocycles. The van der Waals surface area contributed by atoms with Gasteiger partial charge in [-0.25, -0.2) is 4.79 Å². The summed E-state index contributed by atoms with van der Waals surface area (Å²) >= 11 is 0. The number of nitrogens with zero attached hydrogens (tertiary/aromatic N) is 2. The Kier molecular flexibility index (Phi) is 5.21. The summed E-state index contributed by atoms with van der Waals surface area (Å²) in [7, 11) is 1.55. The Bertz CT molecular complexity index is 795. The van der Waals surface area contributed by atoms with Gasteiger partial charge in [0.1, 0.15) is 0 Å². The predicted molar refractivity (Wildman–Crippen MR) is 95.0 cm³/mol. The molecule has 0 spiro atoms. The number of urea groups is 1. The van der Waals surface area contributed by atoms with Crippen molar-refractivity contribution in [3.8, 4) is 0 Å². The highest BCUT2D eigenvalue weighted by molar-refractivity contribution is 5.97. The van der Waals surface area contributed by atoms with Gasteiger partial charge in [0.15, 0.2) is 5.76 Å². The molecule has 0 bridgehead atoms. The average Bonchev–Trinajstić information content (AvgIpc) is 3.22. The van der Waals surface area contributed by atoms with E-state index in [1.54, 1.807) is 53.2 Å². The fourth-order valence-corrected chi connectivity index (χ4v) is 2.75. The number of carbonyl (C=O) groups excluding carboxylic acids is 3. The van der Waals surface area contributed by atoms with Crippen molar-refractivity contribution in [2.45, 2.75) is 0 Å². The SMILES string of the molecule is CNC(=O)c1cccc(NC(=O)N2CCN(C(=O)c3ccco3)CC2)c1. The van der Waals surface area contributed by atoms with Crippen LogP contribution in [-0.4, -0.2) is 60.9 Å². The van der Waals surface area contributed by atoms with Crippen molar-refractivity contribution in [3.63, 3.8) is 0 Å². The van der Waals surface area contributed by atoms with Crippen LogP contribution in [0.2, 0.25) is 0 Å². The van der Waals surface area contributed by atoms with Gasteiger partial charge in [0.2, 0.25) is 0 Å². The third-order valence-corrected chi connectivity index (χ3v) is 4.19. The molecule has 2 N–H and O–H groups in total. The average molecular weight is 356 g/mol. The monoisotopic (exact) mass is 356 g/mol. The molecular weight excluding hydrogens is 336 g/mol. The molecule has 0 saturated carbocycles. The number of amides is 4. The van der Waals surface area contributed by atoms with Crippen molar-refractivity contribution >= 4 is 23.5 Å². The van der Waals surface area contributed by atoms with Crippen LogP contribution in [0.5, 0.6) is 0 Å². The van der Waals surface area contributed by atoms with Crippen LogP contribution < -0.4 is 10.6 Å². The summed E-state index contributed by atoms with van der Waals surface area (Å²) in [5.41, 5.74) is 1.02. The minimum absolute atomic E-state index is 0.173. The van der Waals surface area contributed by atoms with Crippen LogP contribution in [0.15, 0.2) is 47.1 Å². The Labute approximate surface area is 150 Å². The molecule has 0 unspecified atom stereocenters. The molecule has 0 atom stereocenters. The number of benzene rings is 1. The van der Waals surface area contributed by atoms with Crippen LogP contribution in [-0.2, 0) is 0 Å². The second kappa shape index (κ2) is 7.73. The summed E-state index contributed by atoms with van der Waals surface area (Å²) in [6.45, 7) is 1.72. The number of nitrogens with one attached hydrogen (secondary N) is 2. The number of anilines is 1. The fraction of sp³-hybridized carbons (Fsp3) is 0.278. The predicted octanol–water partition coefficient (Wildman–Crippen LogP) is 1.63. The zero-order valence-electron chi connectivity index (χ0n) is 14.4. The Balaban J connectivity index is 1.56. The summed E-state index contributed by atoms with van der Waals surface area (Å²) in [6, 6.07) is 9.76. The van der Waals surface area contributed by atoms with Gasteiger partial charge in [-0.1, -0.05) is 6.07 Å². The van der Waals surface area contributed by atoms with Crippen molar-refractivity contribution in [3.05, 3.63) is 54.0 Å². The molecular formula is C18H20N4O4. The molecule has 1 aromatic carbocycles. The maximum absolute atomic E-state index is 12.4. The lowest BCUT2D eigenvalue weighted by molar-refractivity contribution is 0.0640. The van der Waals surface area contributed by atoms with Crippen LogP contribution >= 0.6 is 0 Å². The van der Waals surface area contributed by atoms with Gasteiger partial charge in [-0.3, -0.25) is 9.59 Å². The van der Waals surface area contributed by atoms with E-state index in [-0.39, 0.29) is 17.8 Å². The normalized spacial score (nSPS) is 14.0. The first-order chi connectivity index (χ1) is 12.6. The summed E-state index contributed by atoms with van der Waals surface area (Å²) in [5, 5.41) is 5.33. The number of hydrogen-bond donors (Lipinski definition) is 2. The highest BCUT2D eigenvalue weighted by Gasteiger charge is 2.26. The Hall–Kier alpha value is -3.29. The molecule has 4 amide bonds. The fourth-order valence-electron chi connectivity index (χ4n) is 2.75. The van der Waals surface area contributed by atoms with Gasteiger partial charge in [-0.2, -0.15) is 0 Å². The summed E-state index contributed by atoms with van der Waals surface area (Å²) < 4.78 is 5.12. The van der Waals surface area contributed by atoms with E-state index in [0.717, 1.165) is 0 Å². The number of piperazine rings is 1. The van der Waals surface area contributed by atoms with Crippen LogP contribution in [0.4, 0.5) is 10.5 Å². The van der Waals surface area contributed by atoms with Gasteiger partial charge in [-0.05, 0) is 30.3 Å². The molecule has 3 rings (SSSR count). The highest BCUT2D eigenvalue weighted by atomic mass is 16.3. The maximum Gasteiger partial charge on any atom is 0.321 e. The van der Waals surface area contributed by atoms with Gasteiger partial charge >= 0.3 is 6.03 Å². The molecule has 8 nitrogen and oxygen atoms in total. The van der Waals surface area contributed by atoms with Crippen molar-refractivity contribution in [2.75, 3.05) is 38.5 Å². The quantitative estimate of drug-likeness (QED) is 0.874. The standard InChI is InChI=1S/C18H20N4O4/c1-19-16(23)13-4-2-5-14(12-13)20-18(25)22-9-7-21(8-10-22)17(24)15-6-3-11-26-15/h2-6,11-12H,7-10H2,1H3,(H,19,23)(H,20,25). The second-order valence-electron chi connectivity index (χ2n) is 5.85. The van der Waals surface area contributed by atoms with E-state index in [4.69, 9.17) is 4.42 Å². The van der Waals surface area contributed by atoms with Gasteiger partial charge in [0.05, 0.1) is 6.26 Å². The number of furan rings is 1. The third-order valence-electron chi connectivity index (χ3n) is 4.19. The maximum atomic E-state index is 12.4. The van der Waals surface area contributed by atoms with Gasteiger partial charge in [0.25, 0.3) is 11.8 Å². The molecule has 1 aromatic heterocycles. The topological polar surface area (TPSA) is 94.9 Å². The molecule has 26 heavy (non-hydrogen) atoms. The first kappa shape index (κ1) is 17.5. The minimum atomic E-state index is -0.260. The Morgan fingerprint density at radius 3 is 2.38 bits per heavy atom. The first-order valence-electron chi connectivity index (χ1n) is 8.29. The molecule has 136 valence electrons. The summed E-state index contributed by atoms with van der Waals surface area (Å²) in [4.78, 5) is 39.6. The van der Waals surface area contributed by atoms with Crippen LogP contribution in [0.25, 0.3) is 0 Å². The largest absolute Gasteiger partial charge is 0.459 e. The summed E-state index contributed by atoms with van der Waals surface area (Å²) in [5.74, 6) is -0.0894. The van der Waals surface area contributed by atoms with E-state index in [9.17, 15) is 14.4 Å². The smallest absolute Gasteiger partial charge is 0.321 e. The minimum Gasteiger partial charge on any atom is -0.459 e. The molecule has 2 heterocycles. The van der Waals surface area contributed by atoms with Crippen molar-refractivity contribution in [1.29, 1.82) is 0 Å². The van der Waals surface area contributed by atoms with Gasteiger partial charge in [-0.15, -0.1) is 0 Å². The van der Waals surface area contributed by atoms with E-state index in [1.165, 1.54) is 6.26 Å². The van der Waals surface area contributed by atoms with E-state index in [1.807, 2.05) is 0 Å². The van der Waals surface area contributed by atoms with E-state index < -0.39 is 0 Å². The lowest BCUT2D eigenvalue weighted by atomic mass is 10.2. The molecule has 1 fully saturated rings. The molecule has 8 heteroatoms. The molecule has 1 aliphatic heterocycles. The lowest BCUT2D eigenvalue weighted by Gasteiger charge is -2.34. The van der Waals surface area contributed by atoms with Crippen LogP contribution in [0, 0.1) is 0 Å².